The van der Waals surface area contributed by atoms with Gasteiger partial charge in [-0.2, -0.15) is 0 Å². The fourth-order valence-corrected chi connectivity index (χ4v) is 4.66. The van der Waals surface area contributed by atoms with Crippen molar-refractivity contribution >= 4 is 11.9 Å². The summed E-state index contributed by atoms with van der Waals surface area (Å²) < 4.78 is 21.8. The van der Waals surface area contributed by atoms with Gasteiger partial charge in [0.05, 0.1) is 13.2 Å². The van der Waals surface area contributed by atoms with Gasteiger partial charge in [-0.25, -0.2) is 0 Å². The molecule has 0 aliphatic carbocycles. The van der Waals surface area contributed by atoms with E-state index in [2.05, 4.69) is 13.8 Å². The van der Waals surface area contributed by atoms with Crippen LogP contribution in [0.25, 0.3) is 0 Å². The number of hydrogen-bond donors (Lipinski definition) is 4. The third-order valence-corrected chi connectivity index (χ3v) is 7.24. The number of unbranched alkanes of at least 4 members (excludes halogenated alkanes) is 13. The molecule has 0 amide bonds. The number of aliphatic hydroxyl groups is 4. The third-order valence-electron chi connectivity index (χ3n) is 7.24. The highest BCUT2D eigenvalue weighted by Gasteiger charge is 2.44. The second kappa shape index (κ2) is 23.3. The van der Waals surface area contributed by atoms with Crippen molar-refractivity contribution in [2.24, 2.45) is 0 Å². The lowest BCUT2D eigenvalue weighted by molar-refractivity contribution is -0.305. The standard InChI is InChI=1S/C30H56O10/c1-3-5-7-9-11-13-15-17-19-26(33)39-23(21-37-25(32)18-16-14-12-10-8-6-4-2)22-38-30-29(36)28(35)27(34)24(20-31)40-30/h23-24,27-31,34-36H,3-22H2,1-2H3/t23-,24-,27+,28+,29-,30-/m1/s1. The monoisotopic (exact) mass is 576 g/mol. The second-order valence-electron chi connectivity index (χ2n) is 10.9. The first-order valence-corrected chi connectivity index (χ1v) is 15.6. The summed E-state index contributed by atoms with van der Waals surface area (Å²) >= 11 is 0. The highest BCUT2D eigenvalue weighted by Crippen LogP contribution is 2.22. The molecule has 0 aromatic heterocycles. The highest BCUT2D eigenvalue weighted by atomic mass is 16.7. The maximum absolute atomic E-state index is 12.5. The van der Waals surface area contributed by atoms with E-state index in [0.29, 0.717) is 6.42 Å². The molecule has 4 N–H and O–H groups in total. The van der Waals surface area contributed by atoms with Gasteiger partial charge < -0.3 is 39.4 Å². The molecule has 1 saturated heterocycles. The van der Waals surface area contributed by atoms with Gasteiger partial charge in [0.15, 0.2) is 12.4 Å². The molecule has 10 heteroatoms. The smallest absolute Gasteiger partial charge is 0.306 e. The molecular weight excluding hydrogens is 520 g/mol. The average Bonchev–Trinajstić information content (AvgIpc) is 2.95. The third kappa shape index (κ3) is 16.2. The van der Waals surface area contributed by atoms with E-state index in [9.17, 15) is 30.0 Å². The van der Waals surface area contributed by atoms with Crippen LogP contribution < -0.4 is 0 Å². The van der Waals surface area contributed by atoms with E-state index in [0.717, 1.165) is 44.9 Å². The van der Waals surface area contributed by atoms with E-state index >= 15 is 0 Å². The van der Waals surface area contributed by atoms with E-state index in [1.54, 1.807) is 0 Å². The number of hydrogen-bond acceptors (Lipinski definition) is 10. The lowest BCUT2D eigenvalue weighted by atomic mass is 9.99. The number of aliphatic hydroxyl groups excluding tert-OH is 4. The Morgan fingerprint density at radius 1 is 0.675 bits per heavy atom. The average molecular weight is 577 g/mol. The summed E-state index contributed by atoms with van der Waals surface area (Å²) in [5.41, 5.74) is 0. The minimum absolute atomic E-state index is 0.212. The van der Waals surface area contributed by atoms with Gasteiger partial charge in [0, 0.05) is 12.8 Å². The molecule has 1 fully saturated rings. The Morgan fingerprint density at radius 2 is 1.18 bits per heavy atom. The van der Waals surface area contributed by atoms with Gasteiger partial charge in [0.1, 0.15) is 31.0 Å². The number of esters is 2. The summed E-state index contributed by atoms with van der Waals surface area (Å²) in [5, 5.41) is 39.6. The van der Waals surface area contributed by atoms with Gasteiger partial charge >= 0.3 is 11.9 Å². The molecule has 0 spiro atoms. The van der Waals surface area contributed by atoms with Crippen LogP contribution in [0.3, 0.4) is 0 Å². The Bertz CT molecular complexity index is 644. The fraction of sp³-hybridized carbons (Fsp3) is 0.933. The van der Waals surface area contributed by atoms with Crippen LogP contribution in [0.5, 0.6) is 0 Å². The van der Waals surface area contributed by atoms with E-state index in [4.69, 9.17) is 18.9 Å². The van der Waals surface area contributed by atoms with Crippen molar-refractivity contribution in [3.05, 3.63) is 0 Å². The van der Waals surface area contributed by atoms with Crippen LogP contribution in [0.1, 0.15) is 123 Å². The zero-order chi connectivity index (χ0) is 29.6. The summed E-state index contributed by atoms with van der Waals surface area (Å²) in [6.45, 7) is 3.29. The van der Waals surface area contributed by atoms with Crippen molar-refractivity contribution in [1.29, 1.82) is 0 Å². The molecule has 0 bridgehead atoms. The van der Waals surface area contributed by atoms with E-state index in [1.807, 2.05) is 0 Å². The van der Waals surface area contributed by atoms with Crippen LogP contribution in [0, 0.1) is 0 Å². The van der Waals surface area contributed by atoms with Gasteiger partial charge in [-0.15, -0.1) is 0 Å². The minimum atomic E-state index is -1.58. The maximum atomic E-state index is 12.5. The van der Waals surface area contributed by atoms with Crippen molar-refractivity contribution < 1.29 is 49.0 Å². The zero-order valence-electron chi connectivity index (χ0n) is 24.8. The van der Waals surface area contributed by atoms with Gasteiger partial charge in [0.2, 0.25) is 0 Å². The Hall–Kier alpha value is -1.30. The Labute approximate surface area is 240 Å². The molecule has 0 saturated carbocycles. The van der Waals surface area contributed by atoms with Gasteiger partial charge in [-0.1, -0.05) is 97.3 Å². The first-order chi connectivity index (χ1) is 19.3. The van der Waals surface area contributed by atoms with E-state index < -0.39 is 49.4 Å². The van der Waals surface area contributed by atoms with Crippen LogP contribution in [0.15, 0.2) is 0 Å². The van der Waals surface area contributed by atoms with Crippen molar-refractivity contribution in [3.63, 3.8) is 0 Å². The maximum Gasteiger partial charge on any atom is 0.306 e. The molecule has 40 heavy (non-hydrogen) atoms. The van der Waals surface area contributed by atoms with Crippen LogP contribution in [-0.2, 0) is 28.5 Å². The Balaban J connectivity index is 2.51. The van der Waals surface area contributed by atoms with Gasteiger partial charge in [-0.3, -0.25) is 9.59 Å². The minimum Gasteiger partial charge on any atom is -0.462 e. The van der Waals surface area contributed by atoms with Gasteiger partial charge in [0.25, 0.3) is 0 Å². The molecule has 1 rings (SSSR count). The fourth-order valence-electron chi connectivity index (χ4n) is 4.66. The number of rotatable bonds is 24. The topological polar surface area (TPSA) is 152 Å². The Morgan fingerprint density at radius 3 is 1.70 bits per heavy atom. The highest BCUT2D eigenvalue weighted by molar-refractivity contribution is 5.70. The molecule has 0 aromatic rings. The van der Waals surface area contributed by atoms with Crippen LogP contribution >= 0.6 is 0 Å². The second-order valence-corrected chi connectivity index (χ2v) is 10.9. The lowest BCUT2D eigenvalue weighted by Crippen LogP contribution is -2.59. The number of carbonyl (C=O) groups is 2. The van der Waals surface area contributed by atoms with E-state index in [-0.39, 0.29) is 32.0 Å². The predicted molar refractivity (Wildman–Crippen MR) is 150 cm³/mol. The molecule has 0 unspecified atom stereocenters. The summed E-state index contributed by atoms with van der Waals surface area (Å²) in [6.07, 6.45) is 8.74. The molecular formula is C30H56O10. The summed E-state index contributed by atoms with van der Waals surface area (Å²) in [6, 6.07) is 0. The summed E-state index contributed by atoms with van der Waals surface area (Å²) in [4.78, 5) is 24.8. The normalized spacial score (nSPS) is 23.6. The predicted octanol–water partition coefficient (Wildman–Crippen LogP) is 3.93. The van der Waals surface area contributed by atoms with E-state index in [1.165, 1.54) is 44.9 Å². The SMILES string of the molecule is CCCCCCCCCCC(=O)O[C@H](COC(=O)CCCCCCCCC)CO[C@@H]1O[C@H](CO)[C@H](O)[C@H](O)[C@H]1O. The molecule has 1 heterocycles. The molecule has 10 nitrogen and oxygen atoms in total. The first kappa shape index (κ1) is 36.7. The first-order valence-electron chi connectivity index (χ1n) is 15.6. The molecule has 0 radical (unpaired) electrons. The lowest BCUT2D eigenvalue weighted by Gasteiger charge is -2.39. The van der Waals surface area contributed by atoms with Crippen molar-refractivity contribution in [3.8, 4) is 0 Å². The van der Waals surface area contributed by atoms with Gasteiger partial charge in [-0.05, 0) is 12.8 Å². The molecule has 1 aliphatic heterocycles. The Kier molecular flexibility index (Phi) is 21.4. The summed E-state index contributed by atoms with van der Waals surface area (Å²) in [7, 11) is 0. The van der Waals surface area contributed by atoms with Crippen molar-refractivity contribution in [2.45, 2.75) is 160 Å². The molecule has 0 aromatic carbocycles. The number of carbonyl (C=O) groups excluding carboxylic acids is 2. The van der Waals surface area contributed by atoms with Crippen LogP contribution in [0.4, 0.5) is 0 Å². The quantitative estimate of drug-likeness (QED) is 0.0982. The molecule has 236 valence electrons. The largest absolute Gasteiger partial charge is 0.462 e. The zero-order valence-corrected chi connectivity index (χ0v) is 24.8. The van der Waals surface area contributed by atoms with Crippen LogP contribution in [-0.4, -0.2) is 89.0 Å². The molecule has 6 atom stereocenters. The van der Waals surface area contributed by atoms with Crippen LogP contribution in [0.2, 0.25) is 0 Å². The van der Waals surface area contributed by atoms with Crippen molar-refractivity contribution in [1.82, 2.24) is 0 Å². The number of ether oxygens (including phenoxy) is 4. The molecule has 1 aliphatic rings. The van der Waals surface area contributed by atoms with Crippen molar-refractivity contribution in [2.75, 3.05) is 19.8 Å². The summed E-state index contributed by atoms with van der Waals surface area (Å²) in [5.74, 6) is -0.818.